The molecule has 0 unspecified atom stereocenters. The molecule has 0 saturated carbocycles. The number of nitrogens with zero attached hydrogens (tertiary/aromatic N) is 4. The molecule has 1 aliphatic rings. The maximum Gasteiger partial charge on any atom is 0.156 e. The fourth-order valence-corrected chi connectivity index (χ4v) is 5.01. The van der Waals surface area contributed by atoms with Crippen LogP contribution in [0.25, 0.3) is 33.2 Å². The number of anilines is 2. The predicted octanol–water partition coefficient (Wildman–Crippen LogP) is 4.74. The number of ether oxygens (including phenoxy) is 1. The molecule has 1 fully saturated rings. The van der Waals surface area contributed by atoms with Crippen LogP contribution in [-0.2, 0) is 11.8 Å². The number of pyridine rings is 1. The molecule has 1 aliphatic heterocycles. The average Bonchev–Trinajstić information content (AvgIpc) is 3.23. The second kappa shape index (κ2) is 10.2. The number of hydrogen-bond acceptors (Lipinski definition) is 6. The highest BCUT2D eigenvalue weighted by atomic mass is 19.1. The summed E-state index contributed by atoms with van der Waals surface area (Å²) in [5.74, 6) is 0.567. The molecular weight excluding hydrogens is 455 g/mol. The molecule has 7 nitrogen and oxygen atoms in total. The normalized spacial score (nSPS) is 14.5. The lowest BCUT2D eigenvalue weighted by Crippen LogP contribution is -2.40. The van der Waals surface area contributed by atoms with Crippen molar-refractivity contribution in [2.24, 2.45) is 12.8 Å². The zero-order valence-electron chi connectivity index (χ0n) is 21.1. The van der Waals surface area contributed by atoms with Gasteiger partial charge in [0.05, 0.1) is 17.8 Å². The second-order valence-corrected chi connectivity index (χ2v) is 9.58. The maximum atomic E-state index is 14.4. The highest BCUT2D eigenvalue weighted by Crippen LogP contribution is 2.40. The smallest absolute Gasteiger partial charge is 0.156 e. The molecular formula is C28H33FN6O. The van der Waals surface area contributed by atoms with Crippen molar-refractivity contribution in [2.75, 3.05) is 43.6 Å². The molecule has 36 heavy (non-hydrogen) atoms. The van der Waals surface area contributed by atoms with Gasteiger partial charge in [-0.05, 0) is 60.7 Å². The molecule has 0 radical (unpaired) electrons. The first-order chi connectivity index (χ1) is 17.4. The molecule has 2 aromatic heterocycles. The van der Waals surface area contributed by atoms with Gasteiger partial charge in [0.1, 0.15) is 5.82 Å². The van der Waals surface area contributed by atoms with E-state index in [-0.39, 0.29) is 11.9 Å². The van der Waals surface area contributed by atoms with E-state index in [1.165, 1.54) is 0 Å². The molecule has 0 spiro atoms. The van der Waals surface area contributed by atoms with Crippen molar-refractivity contribution < 1.29 is 9.13 Å². The summed E-state index contributed by atoms with van der Waals surface area (Å²) in [4.78, 5) is 7.17. The predicted molar refractivity (Wildman–Crippen MR) is 144 cm³/mol. The van der Waals surface area contributed by atoms with Gasteiger partial charge in [-0.1, -0.05) is 12.1 Å². The fourth-order valence-electron chi connectivity index (χ4n) is 5.01. The summed E-state index contributed by atoms with van der Waals surface area (Å²) >= 11 is 0. The van der Waals surface area contributed by atoms with Crippen LogP contribution in [0.2, 0.25) is 0 Å². The largest absolute Gasteiger partial charge is 0.383 e. The van der Waals surface area contributed by atoms with Crippen molar-refractivity contribution in [3.63, 3.8) is 0 Å². The number of rotatable bonds is 7. The second-order valence-electron chi connectivity index (χ2n) is 9.58. The van der Waals surface area contributed by atoms with Crippen molar-refractivity contribution in [2.45, 2.75) is 25.8 Å². The summed E-state index contributed by atoms with van der Waals surface area (Å²) in [6, 6.07) is 11.7. The van der Waals surface area contributed by atoms with Crippen LogP contribution in [0.15, 0.2) is 48.8 Å². The summed E-state index contributed by atoms with van der Waals surface area (Å²) in [6.07, 6.45) is 5.73. The summed E-state index contributed by atoms with van der Waals surface area (Å²) in [7, 11) is 3.60. The van der Waals surface area contributed by atoms with E-state index in [0.717, 1.165) is 76.2 Å². The van der Waals surface area contributed by atoms with Gasteiger partial charge in [0.2, 0.25) is 0 Å². The Hall–Kier alpha value is -3.49. The zero-order valence-corrected chi connectivity index (χ0v) is 21.1. The van der Waals surface area contributed by atoms with Crippen molar-refractivity contribution in [1.29, 1.82) is 0 Å². The van der Waals surface area contributed by atoms with E-state index in [9.17, 15) is 4.39 Å². The monoisotopic (exact) mass is 488 g/mol. The van der Waals surface area contributed by atoms with Crippen molar-refractivity contribution >= 4 is 22.4 Å². The Morgan fingerprint density at radius 3 is 2.67 bits per heavy atom. The standard InChI is InChI=1S/C28H33FN6O/c1-18-12-20(14-21(29)13-18)24-16-32-26-5-4-19(25-17-34(2)33-28(25)31-8-11-36-3)15-23(26)27(24)35-9-6-22(30)7-10-35/h4-5,12-17,22H,6-11,30H2,1-3H3,(H,31,33). The van der Waals surface area contributed by atoms with E-state index in [2.05, 4.69) is 33.5 Å². The number of fused-ring (bicyclic) bond motifs is 1. The molecule has 0 aliphatic carbocycles. The molecule has 3 heterocycles. The number of halogens is 1. The minimum atomic E-state index is -0.243. The summed E-state index contributed by atoms with van der Waals surface area (Å²) < 4.78 is 21.4. The lowest BCUT2D eigenvalue weighted by molar-refractivity contribution is 0.210. The molecule has 3 N–H and O–H groups in total. The molecule has 8 heteroatoms. The van der Waals surface area contributed by atoms with Crippen LogP contribution in [0.3, 0.4) is 0 Å². The third-order valence-electron chi connectivity index (χ3n) is 6.79. The average molecular weight is 489 g/mol. The summed E-state index contributed by atoms with van der Waals surface area (Å²) in [5, 5.41) is 9.02. The van der Waals surface area contributed by atoms with E-state index in [1.807, 2.05) is 37.1 Å². The van der Waals surface area contributed by atoms with Crippen molar-refractivity contribution in [3.8, 4) is 22.3 Å². The molecule has 0 amide bonds. The number of nitrogens with one attached hydrogen (secondary N) is 1. The molecule has 4 aromatic rings. The number of hydrogen-bond donors (Lipinski definition) is 2. The van der Waals surface area contributed by atoms with Crippen LogP contribution in [0, 0.1) is 12.7 Å². The first kappa shape index (κ1) is 24.2. The van der Waals surface area contributed by atoms with E-state index in [1.54, 1.807) is 19.2 Å². The molecule has 0 bridgehead atoms. The first-order valence-corrected chi connectivity index (χ1v) is 12.4. The lowest BCUT2D eigenvalue weighted by Gasteiger charge is -2.34. The quantitative estimate of drug-likeness (QED) is 0.366. The van der Waals surface area contributed by atoms with Gasteiger partial charge in [-0.3, -0.25) is 9.67 Å². The Morgan fingerprint density at radius 1 is 1.11 bits per heavy atom. The zero-order chi connectivity index (χ0) is 25.2. The van der Waals surface area contributed by atoms with E-state index < -0.39 is 0 Å². The van der Waals surface area contributed by atoms with Gasteiger partial charge in [-0.25, -0.2) is 4.39 Å². The highest BCUT2D eigenvalue weighted by molar-refractivity contribution is 6.02. The Bertz CT molecular complexity index is 1360. The van der Waals surface area contributed by atoms with E-state index in [4.69, 9.17) is 15.5 Å². The van der Waals surface area contributed by atoms with Crippen molar-refractivity contribution in [3.05, 3.63) is 60.2 Å². The molecule has 5 rings (SSSR count). The fraction of sp³-hybridized carbons (Fsp3) is 0.357. The number of nitrogens with two attached hydrogens (primary N) is 1. The maximum absolute atomic E-state index is 14.4. The minimum absolute atomic E-state index is 0.209. The third kappa shape index (κ3) is 4.92. The van der Waals surface area contributed by atoms with E-state index in [0.29, 0.717) is 13.2 Å². The Labute approximate surface area is 211 Å². The van der Waals surface area contributed by atoms with Gasteiger partial charge in [-0.2, -0.15) is 5.10 Å². The van der Waals surface area contributed by atoms with Crippen LogP contribution in [0.5, 0.6) is 0 Å². The number of piperidine rings is 1. The SMILES string of the molecule is COCCNc1nn(C)cc1-c1ccc2ncc(-c3cc(C)cc(F)c3)c(N3CCC(N)CC3)c2c1. The number of aryl methyl sites for hydroxylation is 2. The Balaban J connectivity index is 1.68. The topological polar surface area (TPSA) is 81.2 Å². The van der Waals surface area contributed by atoms with Crippen molar-refractivity contribution in [1.82, 2.24) is 14.8 Å². The number of aromatic nitrogens is 3. The summed E-state index contributed by atoms with van der Waals surface area (Å²) in [6.45, 7) is 4.87. The van der Waals surface area contributed by atoms with Crippen LogP contribution >= 0.6 is 0 Å². The minimum Gasteiger partial charge on any atom is -0.383 e. The lowest BCUT2D eigenvalue weighted by atomic mass is 9.96. The van der Waals surface area contributed by atoms with Gasteiger partial charge in [-0.15, -0.1) is 0 Å². The molecule has 2 aromatic carbocycles. The van der Waals surface area contributed by atoms with Crippen LogP contribution in [0.4, 0.5) is 15.9 Å². The summed E-state index contributed by atoms with van der Waals surface area (Å²) in [5.41, 5.74) is 12.9. The van der Waals surface area contributed by atoms with Gasteiger partial charge in [0.15, 0.2) is 5.82 Å². The van der Waals surface area contributed by atoms with Gasteiger partial charge >= 0.3 is 0 Å². The van der Waals surface area contributed by atoms with Gasteiger partial charge in [0.25, 0.3) is 0 Å². The Kier molecular flexibility index (Phi) is 6.89. The first-order valence-electron chi connectivity index (χ1n) is 12.4. The Morgan fingerprint density at radius 2 is 1.92 bits per heavy atom. The third-order valence-corrected chi connectivity index (χ3v) is 6.79. The van der Waals surface area contributed by atoms with Gasteiger partial charge < -0.3 is 20.7 Å². The van der Waals surface area contributed by atoms with Gasteiger partial charge in [0, 0.05) is 68.7 Å². The van der Waals surface area contributed by atoms with Crippen LogP contribution in [0.1, 0.15) is 18.4 Å². The molecule has 1 saturated heterocycles. The van der Waals surface area contributed by atoms with Crippen LogP contribution < -0.4 is 16.0 Å². The number of methoxy groups -OCH3 is 1. The molecule has 0 atom stereocenters. The molecule has 188 valence electrons. The van der Waals surface area contributed by atoms with E-state index >= 15 is 0 Å². The highest BCUT2D eigenvalue weighted by Gasteiger charge is 2.23. The van der Waals surface area contributed by atoms with Crippen LogP contribution in [-0.4, -0.2) is 54.2 Å². The number of benzene rings is 2.